The lowest BCUT2D eigenvalue weighted by atomic mass is 10.1. The number of ether oxygens (including phenoxy) is 2. The molecule has 10 nitrogen and oxygen atoms in total. The van der Waals surface area contributed by atoms with Gasteiger partial charge in [0.2, 0.25) is 5.78 Å². The number of carbonyl (C=O) groups excluding carboxylic acids is 3. The van der Waals surface area contributed by atoms with E-state index in [0.717, 1.165) is 17.2 Å². The Balaban J connectivity index is 1.99. The molecule has 3 aromatic rings. The van der Waals surface area contributed by atoms with E-state index >= 15 is 0 Å². The number of methoxy groups -OCH3 is 1. The van der Waals surface area contributed by atoms with Gasteiger partial charge in [-0.05, 0) is 24.6 Å². The molecule has 0 saturated carbocycles. The largest absolute Gasteiger partial charge is 0.468 e. The van der Waals surface area contributed by atoms with Crippen LogP contribution in [0.25, 0.3) is 0 Å². The maximum absolute atomic E-state index is 13.0. The molecule has 1 aromatic heterocycles. The zero-order valence-corrected chi connectivity index (χ0v) is 18.6. The second kappa shape index (κ2) is 10.4. The molecule has 176 valence electrons. The third kappa shape index (κ3) is 5.29. The van der Waals surface area contributed by atoms with Crippen LogP contribution >= 0.6 is 0 Å². The van der Waals surface area contributed by atoms with Gasteiger partial charge in [0.25, 0.3) is 5.56 Å². The molecule has 0 aliphatic carbocycles. The number of Topliss-reactive ketones (excluding diaryl/α,β-unsaturated/α-hetero) is 1. The Labute approximate surface area is 194 Å². The van der Waals surface area contributed by atoms with Crippen LogP contribution in [-0.4, -0.2) is 40.6 Å². The van der Waals surface area contributed by atoms with Gasteiger partial charge in [0.15, 0.2) is 6.61 Å². The molecule has 0 unspecified atom stereocenters. The first kappa shape index (κ1) is 24.2. The van der Waals surface area contributed by atoms with Crippen molar-refractivity contribution in [1.29, 1.82) is 0 Å². The van der Waals surface area contributed by atoms with Gasteiger partial charge < -0.3 is 15.2 Å². The Morgan fingerprint density at radius 2 is 1.68 bits per heavy atom. The maximum atomic E-state index is 13.0. The van der Waals surface area contributed by atoms with Crippen molar-refractivity contribution < 1.29 is 23.9 Å². The van der Waals surface area contributed by atoms with E-state index in [1.807, 2.05) is 0 Å². The lowest BCUT2D eigenvalue weighted by molar-refractivity contribution is -0.141. The summed E-state index contributed by atoms with van der Waals surface area (Å²) in [4.78, 5) is 63.0. The smallest absolute Gasteiger partial charge is 0.338 e. The van der Waals surface area contributed by atoms with Crippen molar-refractivity contribution in [2.45, 2.75) is 20.0 Å². The van der Waals surface area contributed by atoms with Gasteiger partial charge in [0, 0.05) is 0 Å². The first-order valence-corrected chi connectivity index (χ1v) is 10.2. The van der Waals surface area contributed by atoms with E-state index < -0.39 is 53.5 Å². The van der Waals surface area contributed by atoms with Gasteiger partial charge in [-0.25, -0.2) is 14.2 Å². The monoisotopic (exact) mass is 465 g/mol. The van der Waals surface area contributed by atoms with Crippen LogP contribution in [0.5, 0.6) is 0 Å². The molecule has 0 aliphatic heterocycles. The van der Waals surface area contributed by atoms with E-state index in [1.54, 1.807) is 55.5 Å². The third-order valence-corrected chi connectivity index (χ3v) is 5.03. The van der Waals surface area contributed by atoms with Gasteiger partial charge in [-0.2, -0.15) is 0 Å². The fraction of sp³-hybridized carbons (Fsp3) is 0.208. The summed E-state index contributed by atoms with van der Waals surface area (Å²) in [6.07, 6.45) is 0. The minimum Gasteiger partial charge on any atom is -0.468 e. The van der Waals surface area contributed by atoms with Gasteiger partial charge >= 0.3 is 17.6 Å². The van der Waals surface area contributed by atoms with Crippen LogP contribution in [0.4, 0.5) is 5.82 Å². The zero-order chi connectivity index (χ0) is 24.8. The lowest BCUT2D eigenvalue weighted by Gasteiger charge is -2.16. The number of aromatic nitrogens is 2. The molecule has 0 aliphatic rings. The summed E-state index contributed by atoms with van der Waals surface area (Å²) in [7, 11) is 1.10. The van der Waals surface area contributed by atoms with Crippen LogP contribution in [0.1, 0.15) is 31.8 Å². The number of anilines is 1. The number of ketones is 1. The standard InChI is InChI=1S/C24H23N3O7/c1-15-7-6-10-17(11-15)23(31)34-14-18(28)20-21(25)26(12-16-8-4-3-5-9-16)24(32)27(22(20)30)13-19(29)33-2/h3-11H,12-14,25H2,1-2H3. The van der Waals surface area contributed by atoms with E-state index in [4.69, 9.17) is 10.5 Å². The van der Waals surface area contributed by atoms with Crippen molar-refractivity contribution in [1.82, 2.24) is 9.13 Å². The van der Waals surface area contributed by atoms with Crippen LogP contribution in [-0.2, 0) is 27.4 Å². The number of esters is 2. The highest BCUT2D eigenvalue weighted by molar-refractivity contribution is 6.02. The van der Waals surface area contributed by atoms with Crippen molar-refractivity contribution in [3.63, 3.8) is 0 Å². The normalized spacial score (nSPS) is 10.5. The molecule has 0 atom stereocenters. The SMILES string of the molecule is COC(=O)Cn1c(=O)c(C(=O)COC(=O)c2cccc(C)c2)c(N)n(Cc2ccccc2)c1=O. The molecule has 0 amide bonds. The second-order valence-electron chi connectivity index (χ2n) is 7.45. The van der Waals surface area contributed by atoms with Crippen molar-refractivity contribution in [3.05, 3.63) is 97.7 Å². The molecule has 34 heavy (non-hydrogen) atoms. The molecule has 1 heterocycles. The summed E-state index contributed by atoms with van der Waals surface area (Å²) in [5.41, 5.74) is 5.28. The van der Waals surface area contributed by atoms with Crippen LogP contribution in [0, 0.1) is 6.92 Å². The summed E-state index contributed by atoms with van der Waals surface area (Å²) < 4.78 is 11.2. The zero-order valence-electron chi connectivity index (χ0n) is 18.6. The van der Waals surface area contributed by atoms with Gasteiger partial charge in [-0.1, -0.05) is 48.0 Å². The summed E-state index contributed by atoms with van der Waals surface area (Å²) >= 11 is 0. The summed E-state index contributed by atoms with van der Waals surface area (Å²) in [6.45, 7) is 0.235. The maximum Gasteiger partial charge on any atom is 0.338 e. The first-order valence-electron chi connectivity index (χ1n) is 10.2. The molecule has 0 bridgehead atoms. The lowest BCUT2D eigenvalue weighted by Crippen LogP contribution is -2.46. The Hall–Kier alpha value is -4.47. The molecule has 0 fully saturated rings. The van der Waals surface area contributed by atoms with E-state index in [2.05, 4.69) is 4.74 Å². The number of hydrogen-bond donors (Lipinski definition) is 1. The number of nitrogens with zero attached hydrogens (tertiary/aromatic N) is 2. The van der Waals surface area contributed by atoms with Gasteiger partial charge in [-0.15, -0.1) is 0 Å². The molecule has 2 N–H and O–H groups in total. The molecule has 0 saturated heterocycles. The fourth-order valence-corrected chi connectivity index (χ4v) is 3.29. The van der Waals surface area contributed by atoms with Crippen LogP contribution in [0.2, 0.25) is 0 Å². The highest BCUT2D eigenvalue weighted by Gasteiger charge is 2.25. The topological polar surface area (TPSA) is 140 Å². The van der Waals surface area contributed by atoms with Crippen LogP contribution < -0.4 is 17.0 Å². The second-order valence-corrected chi connectivity index (χ2v) is 7.45. The molecular formula is C24H23N3O7. The van der Waals surface area contributed by atoms with Crippen molar-refractivity contribution in [3.8, 4) is 0 Å². The molecule has 0 radical (unpaired) electrons. The Bertz CT molecular complexity index is 1360. The molecule has 2 aromatic carbocycles. The summed E-state index contributed by atoms with van der Waals surface area (Å²) in [5, 5.41) is 0. The van der Waals surface area contributed by atoms with Gasteiger partial charge in [0.05, 0.1) is 19.2 Å². The number of rotatable bonds is 8. The number of nitrogens with two attached hydrogens (primary N) is 1. The molecule has 10 heteroatoms. The van der Waals surface area contributed by atoms with Gasteiger partial charge in [0.1, 0.15) is 17.9 Å². The Morgan fingerprint density at radius 3 is 2.32 bits per heavy atom. The Morgan fingerprint density at radius 1 is 0.971 bits per heavy atom. The van der Waals surface area contributed by atoms with E-state index in [9.17, 15) is 24.0 Å². The average Bonchev–Trinajstić information content (AvgIpc) is 2.83. The first-order chi connectivity index (χ1) is 16.2. The number of nitrogen functional groups attached to an aromatic ring is 1. The number of aryl methyl sites for hydroxylation is 1. The third-order valence-electron chi connectivity index (χ3n) is 5.03. The molecular weight excluding hydrogens is 442 g/mol. The highest BCUT2D eigenvalue weighted by Crippen LogP contribution is 2.11. The average molecular weight is 465 g/mol. The van der Waals surface area contributed by atoms with Gasteiger partial charge in [-0.3, -0.25) is 19.0 Å². The van der Waals surface area contributed by atoms with Crippen LogP contribution in [0.3, 0.4) is 0 Å². The van der Waals surface area contributed by atoms with Crippen LogP contribution in [0.15, 0.2) is 64.2 Å². The quantitative estimate of drug-likeness (QED) is 0.386. The van der Waals surface area contributed by atoms with E-state index in [-0.39, 0.29) is 12.1 Å². The highest BCUT2D eigenvalue weighted by atomic mass is 16.5. The minimum absolute atomic E-state index is 0.0592. The minimum atomic E-state index is -1.08. The Kier molecular flexibility index (Phi) is 7.42. The van der Waals surface area contributed by atoms with Crippen molar-refractivity contribution in [2.75, 3.05) is 19.5 Å². The van der Waals surface area contributed by atoms with E-state index in [0.29, 0.717) is 10.1 Å². The van der Waals surface area contributed by atoms with Crippen molar-refractivity contribution >= 4 is 23.5 Å². The fourth-order valence-electron chi connectivity index (χ4n) is 3.29. The molecule has 0 spiro atoms. The van der Waals surface area contributed by atoms with E-state index in [1.165, 1.54) is 6.07 Å². The number of hydrogen-bond acceptors (Lipinski definition) is 8. The predicted molar refractivity (Wildman–Crippen MR) is 123 cm³/mol. The summed E-state index contributed by atoms with van der Waals surface area (Å²) in [5.74, 6) is -2.93. The number of benzene rings is 2. The summed E-state index contributed by atoms with van der Waals surface area (Å²) in [6, 6.07) is 15.3. The molecule has 3 rings (SSSR count). The van der Waals surface area contributed by atoms with Crippen molar-refractivity contribution in [2.24, 2.45) is 0 Å². The predicted octanol–water partition coefficient (Wildman–Crippen LogP) is 1.16. The number of carbonyl (C=O) groups is 3.